The Bertz CT molecular complexity index is 1980. The van der Waals surface area contributed by atoms with Crippen LogP contribution in [0, 0.1) is 6.92 Å². The SMILES string of the molecule is CC(=O)OCNC(=O)c1cc(N=C=O)c(C)c(N=C=O)c1C(F)(F)C(F)(F)C(F)(F)C(F)(F)C(F)(F)C(F)(F)C(F)(F)C(F)(F)C(F)(F)C(F)(F)C(F)(F)C(F)(F)C(F)(F)F. The Morgan fingerprint density at radius 1 is 0.541 bits per heavy atom. The number of isocyanates is 2. The van der Waals surface area contributed by atoms with Gasteiger partial charge in [0.25, 0.3) is 5.91 Å². The second-order valence-corrected chi connectivity index (χ2v) is 11.4. The first kappa shape index (κ1) is 54.0. The van der Waals surface area contributed by atoms with Gasteiger partial charge in [0, 0.05) is 12.5 Å². The second kappa shape index (κ2) is 15.4. The van der Waals surface area contributed by atoms with Crippen LogP contribution in [0.5, 0.6) is 0 Å². The Morgan fingerprint density at radius 2 is 0.852 bits per heavy atom. The molecule has 8 nitrogen and oxygen atoms in total. The van der Waals surface area contributed by atoms with E-state index in [9.17, 15) is 120 Å². The Morgan fingerprint density at radius 3 is 1.15 bits per heavy atom. The number of ether oxygens (including phenoxy) is 1. The van der Waals surface area contributed by atoms with Crippen molar-refractivity contribution < 1.29 is 142 Å². The zero-order valence-corrected chi connectivity index (χ0v) is 27.9. The summed E-state index contributed by atoms with van der Waals surface area (Å²) in [7, 11) is 0. The first-order valence-corrected chi connectivity index (χ1v) is 14.0. The van der Waals surface area contributed by atoms with Crippen LogP contribution >= 0.6 is 0 Å². The lowest BCUT2D eigenvalue weighted by Gasteiger charge is -2.46. The van der Waals surface area contributed by atoms with Gasteiger partial charge in [-0.15, -0.1) is 0 Å². The number of carbonyl (C=O) groups is 2. The molecule has 0 saturated carbocycles. The Balaban J connectivity index is 4.31. The van der Waals surface area contributed by atoms with E-state index in [0.29, 0.717) is 13.0 Å². The van der Waals surface area contributed by atoms with E-state index in [2.05, 4.69) is 14.7 Å². The number of amides is 1. The van der Waals surface area contributed by atoms with Crippen LogP contribution in [0.25, 0.3) is 0 Å². The zero-order chi connectivity index (χ0) is 49.2. The summed E-state index contributed by atoms with van der Waals surface area (Å²) in [6.07, 6.45) is -7.62. The highest BCUT2D eigenvalue weighted by molar-refractivity contribution is 5.99. The number of benzene rings is 1. The van der Waals surface area contributed by atoms with Crippen molar-refractivity contribution >= 4 is 35.4 Å². The molecule has 61 heavy (non-hydrogen) atoms. The molecule has 1 amide bonds. The molecule has 0 aromatic heterocycles. The molecular formula is C26H10F27N3O5. The van der Waals surface area contributed by atoms with E-state index in [1.807, 2.05) is 0 Å². The van der Waals surface area contributed by atoms with Gasteiger partial charge in [0.15, 0.2) is 6.73 Å². The summed E-state index contributed by atoms with van der Waals surface area (Å²) in [6.45, 7) is -0.915. The number of carbonyl (C=O) groups excluding carboxylic acids is 4. The highest BCUT2D eigenvalue weighted by Crippen LogP contribution is 2.69. The van der Waals surface area contributed by atoms with Crippen LogP contribution in [0.1, 0.15) is 28.4 Å². The predicted molar refractivity (Wildman–Crippen MR) is 135 cm³/mol. The molecule has 348 valence electrons. The van der Waals surface area contributed by atoms with Crippen molar-refractivity contribution in [2.24, 2.45) is 9.98 Å². The summed E-state index contributed by atoms with van der Waals surface area (Å²) in [4.78, 5) is 49.9. The van der Waals surface area contributed by atoms with Gasteiger partial charge in [0.2, 0.25) is 12.2 Å². The van der Waals surface area contributed by atoms with Crippen LogP contribution in [0.15, 0.2) is 16.1 Å². The highest BCUT2D eigenvalue weighted by atomic mass is 19.4. The molecule has 1 aromatic rings. The van der Waals surface area contributed by atoms with Crippen LogP contribution in [-0.4, -0.2) is 102 Å². The topological polar surface area (TPSA) is 114 Å². The van der Waals surface area contributed by atoms with Gasteiger partial charge in [-0.1, -0.05) is 0 Å². The van der Waals surface area contributed by atoms with Gasteiger partial charge in [-0.2, -0.15) is 129 Å². The molecule has 0 aliphatic carbocycles. The lowest BCUT2D eigenvalue weighted by atomic mass is 9.82. The van der Waals surface area contributed by atoms with E-state index in [-0.39, 0.29) is 13.0 Å². The van der Waals surface area contributed by atoms with Crippen LogP contribution in [-0.2, 0) is 25.0 Å². The maximum absolute atomic E-state index is 15.6. The van der Waals surface area contributed by atoms with Crippen LogP contribution in [0.4, 0.5) is 130 Å². The third-order valence-corrected chi connectivity index (χ3v) is 7.61. The zero-order valence-electron chi connectivity index (χ0n) is 27.9. The largest absolute Gasteiger partial charge is 0.460 e. The lowest BCUT2D eigenvalue weighted by molar-refractivity contribution is -0.485. The van der Waals surface area contributed by atoms with Crippen molar-refractivity contribution in [2.75, 3.05) is 6.73 Å². The second-order valence-electron chi connectivity index (χ2n) is 11.4. The summed E-state index contributed by atoms with van der Waals surface area (Å²) in [5, 5.41) is 1.14. The number of nitrogens with one attached hydrogen (secondary N) is 1. The van der Waals surface area contributed by atoms with Gasteiger partial charge >= 0.3 is 83.2 Å². The van der Waals surface area contributed by atoms with Crippen molar-refractivity contribution in [1.29, 1.82) is 0 Å². The van der Waals surface area contributed by atoms with Gasteiger partial charge < -0.3 is 10.1 Å². The van der Waals surface area contributed by atoms with Gasteiger partial charge in [-0.25, -0.2) is 9.59 Å². The van der Waals surface area contributed by atoms with Crippen molar-refractivity contribution in [3.05, 3.63) is 22.8 Å². The standard InChI is InChI=1S/C26H10F27N3O5/c1-7-10(54-4-57)3-9(13(60)56-6-61-8(2)59)11(12(7)55-5-58)14(27,28)15(29,30)16(31,32)17(33,34)18(35,36)19(37,38)20(39,40)21(41,42)22(43,44)23(45,46)24(47,48)25(49,50)26(51,52)53/h3H,6H2,1-2H3,(H,56,60). The number of hydrogen-bond acceptors (Lipinski definition) is 7. The minimum Gasteiger partial charge on any atom is -0.445 e. The quantitative estimate of drug-likeness (QED) is 0.0550. The van der Waals surface area contributed by atoms with Crippen molar-refractivity contribution in [2.45, 2.75) is 91.1 Å². The van der Waals surface area contributed by atoms with Crippen molar-refractivity contribution in [1.82, 2.24) is 5.32 Å². The number of nitrogens with zero attached hydrogens (tertiary/aromatic N) is 2. The molecule has 0 bridgehead atoms. The average molecular weight is 957 g/mol. The molecule has 0 saturated heterocycles. The molecule has 0 aliphatic rings. The maximum atomic E-state index is 15.6. The van der Waals surface area contributed by atoms with Gasteiger partial charge in [-0.05, 0) is 13.0 Å². The lowest BCUT2D eigenvalue weighted by Crippen LogP contribution is -2.78. The molecule has 35 heteroatoms. The third kappa shape index (κ3) is 7.36. The number of halogens is 27. The first-order chi connectivity index (χ1) is 26.6. The minimum atomic E-state index is -9.98. The fraction of sp³-hybridized carbons (Fsp3) is 0.615. The summed E-state index contributed by atoms with van der Waals surface area (Å²) < 4.78 is 383. The minimum absolute atomic E-state index is 0.161. The molecule has 0 fully saturated rings. The van der Waals surface area contributed by atoms with Gasteiger partial charge in [0.1, 0.15) is 0 Å². The Labute approximate surface area is 314 Å². The summed E-state index contributed by atoms with van der Waals surface area (Å²) in [5.41, 5.74) is -11.4. The summed E-state index contributed by atoms with van der Waals surface area (Å²) >= 11 is 0. The molecule has 0 atom stereocenters. The number of rotatable bonds is 17. The van der Waals surface area contributed by atoms with E-state index in [0.717, 1.165) is 5.32 Å². The van der Waals surface area contributed by atoms with Crippen LogP contribution in [0.3, 0.4) is 0 Å². The Hall–Kier alpha value is -4.97. The predicted octanol–water partition coefficient (Wildman–Crippen LogP) is 9.82. The maximum Gasteiger partial charge on any atom is 0.460 e. The number of esters is 1. The molecule has 1 aromatic carbocycles. The molecule has 1 rings (SSSR count). The molecule has 0 radical (unpaired) electrons. The summed E-state index contributed by atoms with van der Waals surface area (Å²) in [6, 6.07) is -0.460. The number of hydrogen-bond donors (Lipinski definition) is 1. The van der Waals surface area contributed by atoms with E-state index in [4.69, 9.17) is 0 Å². The van der Waals surface area contributed by atoms with Crippen molar-refractivity contribution in [3.63, 3.8) is 0 Å². The van der Waals surface area contributed by atoms with E-state index in [1.165, 1.54) is 0 Å². The normalized spacial score (nSPS) is 14.8. The van der Waals surface area contributed by atoms with Gasteiger partial charge in [0.05, 0.1) is 22.5 Å². The van der Waals surface area contributed by atoms with Crippen LogP contribution < -0.4 is 5.32 Å². The molecule has 0 unspecified atom stereocenters. The molecule has 1 N–H and O–H groups in total. The number of alkyl halides is 27. The fourth-order valence-electron chi connectivity index (χ4n) is 4.21. The van der Waals surface area contributed by atoms with E-state index in [1.54, 1.807) is 0 Å². The van der Waals surface area contributed by atoms with Crippen molar-refractivity contribution in [3.8, 4) is 0 Å². The smallest absolute Gasteiger partial charge is 0.445 e. The Kier molecular flexibility index (Phi) is 13.7. The molecule has 0 aliphatic heterocycles. The van der Waals surface area contributed by atoms with Crippen LogP contribution in [0.2, 0.25) is 0 Å². The molecule has 0 heterocycles. The van der Waals surface area contributed by atoms with E-state index < -0.39 is 130 Å². The fourth-order valence-corrected chi connectivity index (χ4v) is 4.21. The van der Waals surface area contributed by atoms with Gasteiger partial charge in [-0.3, -0.25) is 9.59 Å². The monoisotopic (exact) mass is 957 g/mol. The first-order valence-electron chi connectivity index (χ1n) is 14.0. The molecule has 0 spiro atoms. The average Bonchev–Trinajstić information content (AvgIpc) is 3.08. The van der Waals surface area contributed by atoms with E-state index >= 15 is 17.6 Å². The summed E-state index contributed by atoms with van der Waals surface area (Å²) in [5.74, 6) is -117. The number of aliphatic imine (C=N–C) groups is 2. The highest BCUT2D eigenvalue weighted by Gasteiger charge is 3.00. The molecular weight excluding hydrogens is 947 g/mol. The third-order valence-electron chi connectivity index (χ3n) is 7.61.